The standard InChI is InChI=1S/C14H18N2O/c1-16-7-5-12-11-4-3-10(17-2)9-14(11)15-13(12)6-8-16/h3-4,9,15H,5-8H2,1-2H3/i1D3,3D,5D2,6D2. The van der Waals surface area contributed by atoms with E-state index in [0.717, 1.165) is 4.90 Å². The highest BCUT2D eigenvalue weighted by atomic mass is 16.5. The third-order valence-corrected chi connectivity index (χ3v) is 2.82. The van der Waals surface area contributed by atoms with Gasteiger partial charge in [-0.25, -0.2) is 0 Å². The summed E-state index contributed by atoms with van der Waals surface area (Å²) in [6.07, 6.45) is -4.20. The van der Waals surface area contributed by atoms with Gasteiger partial charge in [-0.2, -0.15) is 0 Å². The topological polar surface area (TPSA) is 28.3 Å². The minimum Gasteiger partial charge on any atom is -0.497 e. The molecule has 0 spiro atoms. The van der Waals surface area contributed by atoms with Gasteiger partial charge in [0.15, 0.2) is 0 Å². The maximum Gasteiger partial charge on any atom is 0.120 e. The van der Waals surface area contributed by atoms with Crippen LogP contribution in [0.25, 0.3) is 10.9 Å². The lowest BCUT2D eigenvalue weighted by molar-refractivity contribution is 0.352. The molecule has 1 aromatic carbocycles. The van der Waals surface area contributed by atoms with Crippen LogP contribution in [0.15, 0.2) is 18.2 Å². The number of aromatic amines is 1. The summed E-state index contributed by atoms with van der Waals surface area (Å²) >= 11 is 0. The lowest BCUT2D eigenvalue weighted by atomic mass is 10.1. The second-order valence-electron chi connectivity index (χ2n) is 3.91. The van der Waals surface area contributed by atoms with Crippen LogP contribution in [0.2, 0.25) is 0 Å². The molecule has 1 aliphatic rings. The quantitative estimate of drug-likeness (QED) is 0.825. The van der Waals surface area contributed by atoms with Crippen LogP contribution >= 0.6 is 0 Å². The van der Waals surface area contributed by atoms with E-state index in [9.17, 15) is 0 Å². The van der Waals surface area contributed by atoms with Crippen molar-refractivity contribution in [2.75, 3.05) is 27.2 Å². The number of benzene rings is 1. The molecule has 17 heavy (non-hydrogen) atoms. The maximum absolute atomic E-state index is 8.40. The number of nitrogens with zero attached hydrogens (tertiary/aromatic N) is 1. The second-order valence-corrected chi connectivity index (χ2v) is 3.91. The third-order valence-electron chi connectivity index (χ3n) is 2.82. The number of fused-ring (bicyclic) bond motifs is 3. The van der Waals surface area contributed by atoms with Crippen molar-refractivity contribution in [1.29, 1.82) is 0 Å². The van der Waals surface area contributed by atoms with Crippen molar-refractivity contribution < 1.29 is 15.7 Å². The Hall–Kier alpha value is -1.48. The monoisotopic (exact) mass is 238 g/mol. The summed E-state index contributed by atoms with van der Waals surface area (Å²) in [5.74, 6) is 0.286. The number of aromatic nitrogens is 1. The minimum atomic E-state index is -2.61. The minimum absolute atomic E-state index is 0.00639. The van der Waals surface area contributed by atoms with Crippen molar-refractivity contribution in [3.8, 4) is 5.75 Å². The predicted molar refractivity (Wildman–Crippen MR) is 69.8 cm³/mol. The van der Waals surface area contributed by atoms with Crippen LogP contribution < -0.4 is 4.74 Å². The molecule has 0 aliphatic carbocycles. The Balaban J connectivity index is 2.28. The molecule has 3 rings (SSSR count). The average Bonchev–Trinajstić information content (AvgIpc) is 2.80. The van der Waals surface area contributed by atoms with E-state index in [1.807, 2.05) is 0 Å². The molecule has 0 unspecified atom stereocenters. The first-order valence-electron chi connectivity index (χ1n) is 9.33. The molecular formula is C14H18N2O. The van der Waals surface area contributed by atoms with E-state index in [2.05, 4.69) is 4.98 Å². The Kier molecular flexibility index (Phi) is 1.20. The Morgan fingerprint density at radius 3 is 3.24 bits per heavy atom. The van der Waals surface area contributed by atoms with E-state index in [-0.39, 0.29) is 23.0 Å². The van der Waals surface area contributed by atoms with Gasteiger partial charge in [0.2, 0.25) is 0 Å². The molecule has 0 fully saturated rings. The van der Waals surface area contributed by atoms with Gasteiger partial charge in [-0.05, 0) is 31.0 Å². The summed E-state index contributed by atoms with van der Waals surface area (Å²) in [4.78, 5) is 3.73. The zero-order chi connectivity index (χ0) is 18.8. The average molecular weight is 238 g/mol. The van der Waals surface area contributed by atoms with Gasteiger partial charge in [0, 0.05) is 51.7 Å². The first-order valence-corrected chi connectivity index (χ1v) is 5.33. The smallest absolute Gasteiger partial charge is 0.120 e. The number of likely N-dealkylation sites (N-methyl/N-ethyl adjacent to an activating group) is 1. The van der Waals surface area contributed by atoms with Crippen molar-refractivity contribution in [1.82, 2.24) is 9.88 Å². The highest BCUT2D eigenvalue weighted by Gasteiger charge is 2.16. The molecule has 0 saturated carbocycles. The van der Waals surface area contributed by atoms with E-state index in [1.165, 1.54) is 19.2 Å². The highest BCUT2D eigenvalue weighted by Crippen LogP contribution is 2.28. The van der Waals surface area contributed by atoms with E-state index in [0.29, 0.717) is 10.9 Å². The molecular weight excluding hydrogens is 212 g/mol. The molecule has 1 aliphatic heterocycles. The van der Waals surface area contributed by atoms with Crippen molar-refractivity contribution in [3.05, 3.63) is 29.4 Å². The van der Waals surface area contributed by atoms with Gasteiger partial charge in [0.05, 0.1) is 8.48 Å². The maximum atomic E-state index is 8.40. The summed E-state index contributed by atoms with van der Waals surface area (Å²) in [7, 11) is 1.42. The highest BCUT2D eigenvalue weighted by molar-refractivity contribution is 5.86. The molecule has 3 nitrogen and oxygen atoms in total. The van der Waals surface area contributed by atoms with Crippen molar-refractivity contribution in [3.63, 3.8) is 0 Å². The summed E-state index contributed by atoms with van der Waals surface area (Å²) in [6, 6.07) is 2.99. The van der Waals surface area contributed by atoms with Crippen LogP contribution in [0.1, 0.15) is 22.2 Å². The largest absolute Gasteiger partial charge is 0.497 e. The lowest BCUT2D eigenvalue weighted by Crippen LogP contribution is -2.21. The number of rotatable bonds is 1. The Morgan fingerprint density at radius 2 is 2.41 bits per heavy atom. The number of hydrogen-bond acceptors (Lipinski definition) is 2. The Morgan fingerprint density at radius 1 is 1.53 bits per heavy atom. The summed E-state index contributed by atoms with van der Waals surface area (Å²) in [6.45, 7) is -3.54. The van der Waals surface area contributed by atoms with Crippen LogP contribution in [-0.4, -0.2) is 37.1 Å². The van der Waals surface area contributed by atoms with Gasteiger partial charge in [-0.15, -0.1) is 0 Å². The predicted octanol–water partition coefficient (Wildman–Crippen LogP) is 2.21. The van der Waals surface area contributed by atoms with Gasteiger partial charge in [0.25, 0.3) is 0 Å². The molecule has 1 aromatic heterocycles. The first-order chi connectivity index (χ1) is 11.4. The molecule has 0 bridgehead atoms. The summed E-state index contributed by atoms with van der Waals surface area (Å²) in [5, 5.41) is 0.363. The second kappa shape index (κ2) is 4.08. The molecule has 1 N–H and O–H groups in total. The van der Waals surface area contributed by atoms with Crippen molar-refractivity contribution in [2.45, 2.75) is 12.7 Å². The number of hydrogen-bond donors (Lipinski definition) is 1. The molecule has 2 aromatic rings. The van der Waals surface area contributed by atoms with Gasteiger partial charge < -0.3 is 14.6 Å². The van der Waals surface area contributed by atoms with Crippen LogP contribution in [-0.2, 0) is 12.7 Å². The fourth-order valence-corrected chi connectivity index (χ4v) is 1.95. The van der Waals surface area contributed by atoms with Crippen molar-refractivity contribution in [2.24, 2.45) is 0 Å². The molecule has 90 valence electrons. The van der Waals surface area contributed by atoms with E-state index in [4.69, 9.17) is 15.7 Å². The normalized spacial score (nSPS) is 30.4. The molecule has 0 saturated heterocycles. The summed E-state index contributed by atoms with van der Waals surface area (Å²) in [5.41, 5.74) is 0.523. The number of ether oxygens (including phenoxy) is 1. The summed E-state index contributed by atoms with van der Waals surface area (Å²) < 4.78 is 69.2. The van der Waals surface area contributed by atoms with Crippen LogP contribution in [0.5, 0.6) is 5.75 Å². The molecule has 3 heteroatoms. The molecule has 2 heterocycles. The van der Waals surface area contributed by atoms with Gasteiger partial charge in [-0.3, -0.25) is 0 Å². The molecule has 0 atom stereocenters. The Bertz CT molecular complexity index is 826. The third kappa shape index (κ3) is 1.80. The lowest BCUT2D eigenvalue weighted by Gasteiger charge is -2.11. The first kappa shape index (κ1) is 5.02. The SMILES string of the molecule is [2H]c1cc2c3c([nH]c2cc1OC)C([2H])([2H])CN(C([2H])([2H])[2H])CC3([2H])[2H]. The molecule has 0 amide bonds. The van der Waals surface area contributed by atoms with E-state index >= 15 is 0 Å². The van der Waals surface area contributed by atoms with Gasteiger partial charge in [0.1, 0.15) is 5.75 Å². The number of nitrogens with one attached hydrogen (secondary N) is 1. The van der Waals surface area contributed by atoms with Crippen LogP contribution in [0.4, 0.5) is 0 Å². The molecule has 0 radical (unpaired) electrons. The zero-order valence-electron chi connectivity index (χ0n) is 17.4. The fourth-order valence-electron chi connectivity index (χ4n) is 1.95. The van der Waals surface area contributed by atoms with Gasteiger partial charge in [-0.1, -0.05) is 0 Å². The van der Waals surface area contributed by atoms with Crippen LogP contribution in [0.3, 0.4) is 0 Å². The Labute approximate surface area is 113 Å². The number of methoxy groups -OCH3 is 1. The van der Waals surface area contributed by atoms with Crippen molar-refractivity contribution >= 4 is 10.9 Å². The van der Waals surface area contributed by atoms with E-state index in [1.54, 1.807) is 0 Å². The van der Waals surface area contributed by atoms with E-state index < -0.39 is 32.8 Å². The van der Waals surface area contributed by atoms with Crippen LogP contribution in [0, 0.1) is 0 Å². The zero-order valence-corrected chi connectivity index (χ0v) is 9.42. The van der Waals surface area contributed by atoms with Gasteiger partial charge >= 0.3 is 0 Å². The fraction of sp³-hybridized carbons (Fsp3) is 0.429. The number of H-pyrrole nitrogens is 1.